The van der Waals surface area contributed by atoms with Gasteiger partial charge in [0.1, 0.15) is 6.79 Å². The molecule has 0 aromatic carbocycles. The van der Waals surface area contributed by atoms with Gasteiger partial charge < -0.3 is 50.5 Å². The normalized spacial score (nSPS) is 5.67. The third-order valence-electron chi connectivity index (χ3n) is 0. The van der Waals surface area contributed by atoms with Gasteiger partial charge in [-0.2, -0.15) is 7.82 Å². The fourth-order valence-corrected chi connectivity index (χ4v) is 0. The molecule has 108 valence electrons. The molecule has 0 aromatic heterocycles. The van der Waals surface area contributed by atoms with Crippen LogP contribution in [0.1, 0.15) is 0 Å². The molecule has 0 unspecified atom stereocenters. The molecule has 2 amide bonds. The second-order valence-corrected chi connectivity index (χ2v) is 2.24. The molecular weight excluding hydrogens is 404 g/mol. The molecule has 0 saturated heterocycles. The maximum absolute atomic E-state index is 9.00. The van der Waals surface area contributed by atoms with Crippen molar-refractivity contribution in [2.24, 2.45) is 11.5 Å². The van der Waals surface area contributed by atoms with E-state index in [1.807, 2.05) is 6.79 Å². The van der Waals surface area contributed by atoms with Gasteiger partial charge >= 0.3 is 114 Å². The van der Waals surface area contributed by atoms with E-state index in [9.17, 15) is 0 Å². The van der Waals surface area contributed by atoms with Crippen LogP contribution >= 0.6 is 7.82 Å². The van der Waals surface area contributed by atoms with Crippen molar-refractivity contribution in [3.63, 3.8) is 0 Å². The summed E-state index contributed by atoms with van der Waals surface area (Å²) in [6.45, 7) is 2.00. The molecular formula is C3H6Ca2MgN2O11PSi+. The average Bonchev–Trinajstić information content (AvgIpc) is 2.02. The van der Waals surface area contributed by atoms with Crippen molar-refractivity contribution in [1.29, 1.82) is 0 Å². The Kier molecular flexibility index (Phi) is 101. The summed E-state index contributed by atoms with van der Waals surface area (Å²) in [5.74, 6) is 0. The molecule has 18 heteroatoms. The van der Waals surface area contributed by atoms with E-state index in [1.165, 1.54) is 0 Å². The fraction of sp³-hybridized carbons (Fsp3) is 0. The molecule has 13 nitrogen and oxygen atoms in total. The molecule has 0 bridgehead atoms. The van der Waals surface area contributed by atoms with Gasteiger partial charge in [0.15, 0.2) is 0 Å². The number of urea groups is 1. The molecule has 0 radical (unpaired) electrons. The van der Waals surface area contributed by atoms with Crippen LogP contribution in [0.3, 0.4) is 0 Å². The van der Waals surface area contributed by atoms with Crippen molar-refractivity contribution in [2.45, 2.75) is 0 Å². The van der Waals surface area contributed by atoms with Crippen LogP contribution in [0.2, 0.25) is 0 Å². The molecule has 0 aromatic rings. The number of hydrogen-bond acceptors (Lipinski definition) is 11. The Morgan fingerprint density at radius 1 is 0.952 bits per heavy atom. The zero-order chi connectivity index (χ0) is 16.4. The molecule has 0 fully saturated rings. The number of carbonyl (C=O) groups is 3. The van der Waals surface area contributed by atoms with Gasteiger partial charge in [-0.1, -0.05) is 0 Å². The molecule has 0 aliphatic heterocycles. The summed E-state index contributed by atoms with van der Waals surface area (Å²) in [5.41, 5.74) is 8.50. The number of phosphoric acid groups is 1. The van der Waals surface area contributed by atoms with Gasteiger partial charge in [0.2, 0.25) is 0 Å². The second kappa shape index (κ2) is 43.0. The fourth-order valence-electron chi connectivity index (χ4n) is 0. The number of amides is 2. The first-order valence-corrected chi connectivity index (χ1v) is 5.10. The van der Waals surface area contributed by atoms with Gasteiger partial charge in [-0.3, -0.25) is 8.92 Å². The van der Waals surface area contributed by atoms with Crippen LogP contribution < -0.4 is 36.4 Å². The summed E-state index contributed by atoms with van der Waals surface area (Å²) in [6.07, 6.45) is -2.33. The number of carbonyl (C=O) groups excluding carboxylic acids is 3. The Bertz CT molecular complexity index is 269. The first-order valence-electron chi connectivity index (χ1n) is 2.82. The van der Waals surface area contributed by atoms with Gasteiger partial charge in [0, 0.05) is 0 Å². The predicted molar refractivity (Wildman–Crippen MR) is 58.3 cm³/mol. The van der Waals surface area contributed by atoms with E-state index in [-0.39, 0.29) is 98.5 Å². The van der Waals surface area contributed by atoms with E-state index in [4.69, 9.17) is 52.8 Å². The van der Waals surface area contributed by atoms with E-state index in [0.717, 1.165) is 0 Å². The summed E-state index contributed by atoms with van der Waals surface area (Å²) in [4.78, 5) is 51.0. The maximum Gasteiger partial charge on any atom is 2.00 e. The first-order chi connectivity index (χ1) is 7.88. The summed E-state index contributed by atoms with van der Waals surface area (Å²) in [7, 11) is -6.81. The van der Waals surface area contributed by atoms with Crippen LogP contribution in [0.4, 0.5) is 9.59 Å². The van der Waals surface area contributed by atoms with Gasteiger partial charge in [-0.25, -0.2) is 4.79 Å². The molecule has 0 saturated carbocycles. The van der Waals surface area contributed by atoms with E-state index < -0.39 is 29.3 Å². The summed E-state index contributed by atoms with van der Waals surface area (Å²) in [5, 5.41) is 16.7. The molecule has 0 heterocycles. The van der Waals surface area contributed by atoms with Crippen LogP contribution in [0.15, 0.2) is 0 Å². The zero-order valence-corrected chi connectivity index (χ0v) is 18.1. The van der Waals surface area contributed by atoms with E-state index >= 15 is 0 Å². The van der Waals surface area contributed by atoms with Gasteiger partial charge in [-0.15, -0.1) is 0 Å². The molecule has 0 aliphatic carbocycles. The second-order valence-electron chi connectivity index (χ2n) is 1.18. The van der Waals surface area contributed by atoms with Crippen molar-refractivity contribution in [3.05, 3.63) is 0 Å². The quantitative estimate of drug-likeness (QED) is 0.280. The Balaban J connectivity index is -0.0000000166. The smallest absolute Gasteiger partial charge is 0.822 e. The summed E-state index contributed by atoms with van der Waals surface area (Å²) < 4.78 is 25.4. The number of rotatable bonds is 0. The van der Waals surface area contributed by atoms with Crippen LogP contribution in [0.5, 0.6) is 0 Å². The minimum Gasteiger partial charge on any atom is -0.822 e. The Hall–Kier alpha value is 1.42. The minimum atomic E-state index is -5.39. The zero-order valence-electron chi connectivity index (χ0n) is 10.4. The third-order valence-corrected chi connectivity index (χ3v) is 0. The number of hydrogen-bond donors (Lipinski definition) is 2. The number of primary amides is 2. The van der Waals surface area contributed by atoms with Gasteiger partial charge in [-0.05, 0) is 6.16 Å². The van der Waals surface area contributed by atoms with Crippen LogP contribution in [0, 0.1) is 0 Å². The SMILES string of the molecule is C=O.NC(N)=O.O=C([O-])[O-].O=P([O-])([O-])[O-].O=[Si]=O.[Ca+2].[Ca+2].[Mg+2]. The largest absolute Gasteiger partial charge is 2.00 e. The summed E-state index contributed by atoms with van der Waals surface area (Å²) in [6, 6.07) is -0.833. The molecule has 21 heavy (non-hydrogen) atoms. The van der Waals surface area contributed by atoms with E-state index in [0.29, 0.717) is 0 Å². The monoisotopic (exact) mass is 409 g/mol. The molecule has 0 spiro atoms. The number of nitrogens with two attached hydrogens (primary N) is 2. The van der Waals surface area contributed by atoms with Crippen LogP contribution in [-0.4, -0.2) is 127 Å². The molecule has 0 atom stereocenters. The predicted octanol–water partition coefficient (Wildman–Crippen LogP) is -8.19. The van der Waals surface area contributed by atoms with Crippen LogP contribution in [-0.2, 0) is 18.3 Å². The molecule has 0 aliphatic rings. The Morgan fingerprint density at radius 3 is 0.952 bits per heavy atom. The topological polar surface area (TPSA) is 270 Å². The maximum atomic E-state index is 9.00. The first kappa shape index (κ1) is 49.5. The van der Waals surface area contributed by atoms with Crippen LogP contribution in [0.25, 0.3) is 0 Å². The van der Waals surface area contributed by atoms with Gasteiger partial charge in [0.25, 0.3) is 0 Å². The Morgan fingerprint density at radius 2 is 0.952 bits per heavy atom. The van der Waals surface area contributed by atoms with E-state index in [1.54, 1.807) is 0 Å². The van der Waals surface area contributed by atoms with Crippen molar-refractivity contribution in [1.82, 2.24) is 0 Å². The van der Waals surface area contributed by atoms with E-state index in [2.05, 4.69) is 11.5 Å². The van der Waals surface area contributed by atoms with Crippen molar-refractivity contribution < 1.29 is 52.8 Å². The summed E-state index contributed by atoms with van der Waals surface area (Å²) >= 11 is 0. The van der Waals surface area contributed by atoms with Crippen molar-refractivity contribution >= 4 is 135 Å². The average molecular weight is 410 g/mol. The molecule has 4 N–H and O–H groups in total. The van der Waals surface area contributed by atoms with Crippen molar-refractivity contribution in [2.75, 3.05) is 0 Å². The Labute approximate surface area is 196 Å². The van der Waals surface area contributed by atoms with Gasteiger partial charge in [0.05, 0.1) is 0 Å². The third kappa shape index (κ3) is 3990. The standard InChI is InChI=1S/CH4N2O.CH2O3.CH2O.2Ca.Mg.H3O4P.O2Si/c2*2-1(3)4;1-2;;;;1-5(2,3)4;1-3-2/h(H4,2,3,4);(H2,2,3,4);1H2;;;;(H3,1,2,3,4);/q;;;3*+2;;/p-5. The van der Waals surface area contributed by atoms with Crippen molar-refractivity contribution in [3.8, 4) is 0 Å². The molecule has 0 rings (SSSR count). The number of carboxylic acid groups (broad SMARTS) is 2. The minimum absolute atomic E-state index is 0.